The van der Waals surface area contributed by atoms with Gasteiger partial charge in [-0.3, -0.25) is 9.78 Å². The summed E-state index contributed by atoms with van der Waals surface area (Å²) < 4.78 is 12.5. The van der Waals surface area contributed by atoms with Crippen LogP contribution in [-0.4, -0.2) is 39.8 Å². The molecular weight excluding hydrogens is 396 g/mol. The summed E-state index contributed by atoms with van der Waals surface area (Å²) >= 11 is 0. The first-order valence-corrected chi connectivity index (χ1v) is 9.96. The number of pyridine rings is 1. The van der Waals surface area contributed by atoms with Crippen molar-refractivity contribution in [3.8, 4) is 11.5 Å². The molecule has 3 N–H and O–H groups in total. The molecule has 0 spiro atoms. The van der Waals surface area contributed by atoms with Gasteiger partial charge in [0.15, 0.2) is 17.3 Å². The fourth-order valence-electron chi connectivity index (χ4n) is 4.42. The van der Waals surface area contributed by atoms with Gasteiger partial charge in [-0.2, -0.15) is 4.98 Å². The van der Waals surface area contributed by atoms with Crippen LogP contribution in [-0.2, 0) is 4.79 Å². The van der Waals surface area contributed by atoms with Gasteiger partial charge in [-0.25, -0.2) is 4.68 Å². The van der Waals surface area contributed by atoms with Gasteiger partial charge in [-0.1, -0.05) is 12.1 Å². The highest BCUT2D eigenvalue weighted by molar-refractivity contribution is 6.00. The normalized spacial score (nSPS) is 20.0. The number of benzene rings is 1. The van der Waals surface area contributed by atoms with E-state index in [1.54, 1.807) is 31.3 Å². The highest BCUT2D eigenvalue weighted by atomic mass is 16.5. The standard InChI is InChI=1S/C22H22N6O3/c1-30-17-6-5-12(10-18(17)31-2)14-8-15-19(16(29)9-14)20(13-4-3-7-24-11-13)28-22(25-15)26-21(23)27-28/h3-7,10-11,14,20H,8-9H2,1-2H3,(H3,23,25,26,27)/t14-,20+/m1/s1. The molecule has 9 nitrogen and oxygen atoms in total. The smallest absolute Gasteiger partial charge is 0.241 e. The lowest BCUT2D eigenvalue weighted by Gasteiger charge is -2.35. The van der Waals surface area contributed by atoms with Crippen LogP contribution in [0.15, 0.2) is 54.0 Å². The molecule has 0 bridgehead atoms. The molecule has 3 heterocycles. The molecule has 0 fully saturated rings. The summed E-state index contributed by atoms with van der Waals surface area (Å²) in [5.41, 5.74) is 9.27. The summed E-state index contributed by atoms with van der Waals surface area (Å²) in [4.78, 5) is 22.0. The van der Waals surface area contributed by atoms with Crippen molar-refractivity contribution in [1.29, 1.82) is 0 Å². The summed E-state index contributed by atoms with van der Waals surface area (Å²) in [6.45, 7) is 0. The number of nitrogens with one attached hydrogen (secondary N) is 1. The molecule has 0 amide bonds. The second-order valence-corrected chi connectivity index (χ2v) is 7.59. The molecule has 5 rings (SSSR count). The highest BCUT2D eigenvalue weighted by Crippen LogP contribution is 2.45. The molecule has 0 radical (unpaired) electrons. The number of carbonyl (C=O) groups is 1. The van der Waals surface area contributed by atoms with E-state index in [0.29, 0.717) is 35.9 Å². The van der Waals surface area contributed by atoms with Gasteiger partial charge in [-0.15, -0.1) is 5.10 Å². The lowest BCUT2D eigenvalue weighted by atomic mass is 9.78. The Hall–Kier alpha value is -3.88. The zero-order valence-electron chi connectivity index (χ0n) is 17.2. The van der Waals surface area contributed by atoms with Crippen LogP contribution in [0.5, 0.6) is 11.5 Å². The van der Waals surface area contributed by atoms with Crippen LogP contribution >= 0.6 is 0 Å². The maximum atomic E-state index is 13.4. The fourth-order valence-corrected chi connectivity index (χ4v) is 4.42. The summed E-state index contributed by atoms with van der Waals surface area (Å²) in [7, 11) is 3.21. The number of hydrogen-bond acceptors (Lipinski definition) is 8. The van der Waals surface area contributed by atoms with Crippen molar-refractivity contribution < 1.29 is 14.3 Å². The molecule has 2 aliphatic rings. The predicted octanol–water partition coefficient (Wildman–Crippen LogP) is 2.69. The highest BCUT2D eigenvalue weighted by Gasteiger charge is 2.39. The van der Waals surface area contributed by atoms with E-state index < -0.39 is 6.04 Å². The van der Waals surface area contributed by atoms with E-state index in [4.69, 9.17) is 15.2 Å². The lowest BCUT2D eigenvalue weighted by molar-refractivity contribution is -0.116. The third kappa shape index (κ3) is 3.18. The number of carbonyl (C=O) groups excluding carboxylic acids is 1. The first kappa shape index (κ1) is 19.1. The second kappa shape index (κ2) is 7.42. The SMILES string of the molecule is COc1ccc([C@H]2CC(=O)C3=C(C2)Nc2nc(N)nn2[C@H]3c2cccnc2)cc1OC. The molecule has 2 atom stereocenters. The molecule has 1 aliphatic carbocycles. The molecule has 2 aromatic heterocycles. The third-order valence-corrected chi connectivity index (χ3v) is 5.82. The summed E-state index contributed by atoms with van der Waals surface area (Å²) in [6.07, 6.45) is 4.48. The Bertz CT molecular complexity index is 1190. The van der Waals surface area contributed by atoms with Gasteiger partial charge < -0.3 is 20.5 Å². The van der Waals surface area contributed by atoms with Crippen LogP contribution in [0.1, 0.15) is 35.9 Å². The molecular formula is C22H22N6O3. The number of methoxy groups -OCH3 is 2. The maximum Gasteiger partial charge on any atom is 0.241 e. The molecule has 3 aromatic rings. The van der Waals surface area contributed by atoms with Crippen molar-refractivity contribution in [1.82, 2.24) is 19.7 Å². The summed E-state index contributed by atoms with van der Waals surface area (Å²) in [6, 6.07) is 9.15. The van der Waals surface area contributed by atoms with E-state index in [1.807, 2.05) is 30.3 Å². The van der Waals surface area contributed by atoms with Gasteiger partial charge in [-0.05, 0) is 41.7 Å². The number of aromatic nitrogens is 4. The van der Waals surface area contributed by atoms with Crippen molar-refractivity contribution in [2.24, 2.45) is 0 Å². The summed E-state index contributed by atoms with van der Waals surface area (Å²) in [5, 5.41) is 7.62. The van der Waals surface area contributed by atoms with E-state index in [0.717, 1.165) is 16.8 Å². The Morgan fingerprint density at radius 2 is 1.97 bits per heavy atom. The molecule has 1 aliphatic heterocycles. The van der Waals surface area contributed by atoms with Crippen molar-refractivity contribution in [2.45, 2.75) is 24.8 Å². The monoisotopic (exact) mass is 418 g/mol. The zero-order chi connectivity index (χ0) is 21.5. The molecule has 9 heteroatoms. The topological polar surface area (TPSA) is 117 Å². The predicted molar refractivity (Wildman–Crippen MR) is 114 cm³/mol. The Kier molecular flexibility index (Phi) is 4.58. The number of fused-ring (bicyclic) bond motifs is 1. The number of ketones is 1. The number of ether oxygens (including phenoxy) is 2. The number of Topliss-reactive ketones (excluding diaryl/α,β-unsaturated/α-hetero) is 1. The average molecular weight is 418 g/mol. The number of hydrogen-bond donors (Lipinski definition) is 2. The van der Waals surface area contributed by atoms with Gasteiger partial charge in [0.2, 0.25) is 11.9 Å². The number of nitrogens with zero attached hydrogens (tertiary/aromatic N) is 4. The minimum Gasteiger partial charge on any atom is -0.493 e. The molecule has 0 unspecified atom stereocenters. The van der Waals surface area contributed by atoms with E-state index in [9.17, 15) is 4.79 Å². The Balaban J connectivity index is 1.57. The van der Waals surface area contributed by atoms with Gasteiger partial charge in [0.1, 0.15) is 6.04 Å². The summed E-state index contributed by atoms with van der Waals surface area (Å²) in [5.74, 6) is 2.03. The molecule has 0 saturated carbocycles. The number of rotatable bonds is 4. The fraction of sp³-hybridized carbons (Fsp3) is 0.273. The Labute approximate surface area is 178 Å². The molecule has 1 aromatic carbocycles. The second-order valence-electron chi connectivity index (χ2n) is 7.59. The largest absolute Gasteiger partial charge is 0.493 e. The first-order valence-electron chi connectivity index (χ1n) is 9.96. The van der Waals surface area contributed by atoms with Crippen molar-refractivity contribution in [2.75, 3.05) is 25.3 Å². The van der Waals surface area contributed by atoms with E-state index >= 15 is 0 Å². The number of nitrogen functional groups attached to an aromatic ring is 1. The van der Waals surface area contributed by atoms with E-state index in [-0.39, 0.29) is 17.6 Å². The number of allylic oxidation sites excluding steroid dienone is 2. The minimum absolute atomic E-state index is 0.0000714. The first-order chi connectivity index (χ1) is 15.1. The number of anilines is 2. The lowest BCUT2D eigenvalue weighted by Crippen LogP contribution is -2.33. The third-order valence-electron chi connectivity index (χ3n) is 5.82. The average Bonchev–Trinajstić information content (AvgIpc) is 3.17. The van der Waals surface area contributed by atoms with E-state index in [2.05, 4.69) is 20.4 Å². The van der Waals surface area contributed by atoms with Crippen molar-refractivity contribution in [3.05, 3.63) is 65.1 Å². The quantitative estimate of drug-likeness (QED) is 0.664. The molecule has 31 heavy (non-hydrogen) atoms. The minimum atomic E-state index is -0.413. The van der Waals surface area contributed by atoms with Crippen molar-refractivity contribution in [3.63, 3.8) is 0 Å². The van der Waals surface area contributed by atoms with Crippen LogP contribution in [0.2, 0.25) is 0 Å². The van der Waals surface area contributed by atoms with Gasteiger partial charge >= 0.3 is 0 Å². The maximum absolute atomic E-state index is 13.4. The Morgan fingerprint density at radius 1 is 1.13 bits per heavy atom. The van der Waals surface area contributed by atoms with Crippen LogP contribution in [0.3, 0.4) is 0 Å². The van der Waals surface area contributed by atoms with Crippen LogP contribution < -0.4 is 20.5 Å². The van der Waals surface area contributed by atoms with Crippen LogP contribution in [0.4, 0.5) is 11.9 Å². The van der Waals surface area contributed by atoms with Gasteiger partial charge in [0.05, 0.1) is 14.2 Å². The van der Waals surface area contributed by atoms with E-state index in [1.165, 1.54) is 0 Å². The molecule has 0 saturated heterocycles. The molecule has 158 valence electrons. The number of nitrogens with two attached hydrogens (primary N) is 1. The van der Waals surface area contributed by atoms with Crippen molar-refractivity contribution >= 4 is 17.7 Å². The van der Waals surface area contributed by atoms with Crippen LogP contribution in [0.25, 0.3) is 0 Å². The Morgan fingerprint density at radius 3 is 2.71 bits per heavy atom. The van der Waals surface area contributed by atoms with Crippen LogP contribution in [0, 0.1) is 0 Å². The van der Waals surface area contributed by atoms with Gasteiger partial charge in [0, 0.05) is 30.1 Å². The zero-order valence-corrected chi connectivity index (χ0v) is 17.2. The van der Waals surface area contributed by atoms with Gasteiger partial charge in [0.25, 0.3) is 0 Å².